The average Bonchev–Trinajstić information content (AvgIpc) is 4.40. The van der Waals surface area contributed by atoms with E-state index >= 15 is 0 Å². The van der Waals surface area contributed by atoms with Gasteiger partial charge in [0.05, 0.1) is 61.4 Å². The van der Waals surface area contributed by atoms with Gasteiger partial charge in [0.2, 0.25) is 35.4 Å². The van der Waals surface area contributed by atoms with Gasteiger partial charge in [-0.05, 0) is 94.9 Å². The van der Waals surface area contributed by atoms with Crippen LogP contribution in [0.3, 0.4) is 0 Å². The summed E-state index contributed by atoms with van der Waals surface area (Å²) in [6.07, 6.45) is 10.7. The summed E-state index contributed by atoms with van der Waals surface area (Å²) in [4.78, 5) is 124. The Hall–Kier alpha value is -6.70. The van der Waals surface area contributed by atoms with Crippen LogP contribution >= 0.6 is 15.9 Å². The lowest BCUT2D eigenvalue weighted by molar-refractivity contribution is -0.143. The summed E-state index contributed by atoms with van der Waals surface area (Å²) in [7, 11) is 0. The number of nitrogens with one attached hydrogen (secondary N) is 8. The fourth-order valence-electron chi connectivity index (χ4n) is 9.45. The second kappa shape index (κ2) is 34.7. The van der Waals surface area contributed by atoms with E-state index < -0.39 is 77.7 Å². The van der Waals surface area contributed by atoms with E-state index in [0.29, 0.717) is 69.3 Å². The van der Waals surface area contributed by atoms with E-state index in [4.69, 9.17) is 29.4 Å². The Labute approximate surface area is 488 Å². The Bertz CT molecular complexity index is 2430. The normalized spacial score (nSPS) is 23.4. The number of nitrogens with two attached hydrogens (primary N) is 1. The number of epoxide rings is 1. The number of hydrogen-bond acceptors (Lipinski definition) is 15. The number of hydrogen-bond donors (Lipinski definition) is 9. The smallest absolute Gasteiger partial charge is 0.408 e. The highest BCUT2D eigenvalue weighted by atomic mass is 79.9. The first-order valence-corrected chi connectivity index (χ1v) is 29.1. The molecule has 24 nitrogen and oxygen atoms in total. The van der Waals surface area contributed by atoms with Gasteiger partial charge in [-0.1, -0.05) is 79.1 Å². The molecule has 3 aliphatic heterocycles. The number of ether oxygens (including phenoxy) is 5. The van der Waals surface area contributed by atoms with Gasteiger partial charge >= 0.3 is 18.1 Å². The summed E-state index contributed by atoms with van der Waals surface area (Å²) in [5.74, 6) is -3.46. The molecule has 0 aromatic heterocycles. The van der Waals surface area contributed by atoms with Crippen molar-refractivity contribution in [2.24, 2.45) is 23.5 Å². The molecule has 0 bridgehead atoms. The van der Waals surface area contributed by atoms with Gasteiger partial charge in [-0.3, -0.25) is 33.6 Å². The largest absolute Gasteiger partial charge is 0.459 e. The zero-order chi connectivity index (χ0) is 60.4. The second-order valence-electron chi connectivity index (χ2n) is 21.4. The molecule has 4 rings (SSSR count). The molecule has 454 valence electrons. The highest BCUT2D eigenvalue weighted by Crippen LogP contribution is 2.46. The number of carbonyl (C=O) groups is 10. The van der Waals surface area contributed by atoms with E-state index in [-0.39, 0.29) is 92.2 Å². The highest BCUT2D eigenvalue weighted by Gasteiger charge is 2.58. The number of benzene rings is 1. The van der Waals surface area contributed by atoms with Crippen LogP contribution in [0.2, 0.25) is 0 Å². The highest BCUT2D eigenvalue weighted by molar-refractivity contribution is 9.09. The number of alkyl carbamates (subject to hydrolysis) is 1. The van der Waals surface area contributed by atoms with Gasteiger partial charge < -0.3 is 76.7 Å². The van der Waals surface area contributed by atoms with Crippen LogP contribution in [0.1, 0.15) is 118 Å². The molecule has 3 aliphatic rings. The molecule has 1 aromatic rings. The summed E-state index contributed by atoms with van der Waals surface area (Å²) < 4.78 is 28.8. The minimum Gasteiger partial charge on any atom is -0.459 e. The molecule has 3 heterocycles. The molecule has 1 aromatic carbocycles. The molecule has 1 spiro atoms. The molecular formula is C57H84BrN9O15. The topological polar surface area (TPSA) is 342 Å². The quantitative estimate of drug-likeness (QED) is 0.00722. The molecule has 0 radical (unpaired) electrons. The summed E-state index contributed by atoms with van der Waals surface area (Å²) in [5, 5.41) is 21.9. The molecule has 11 atom stereocenters. The molecule has 82 heavy (non-hydrogen) atoms. The molecule has 10 N–H and O–H groups in total. The molecular weight excluding hydrogens is 1130 g/mol. The number of primary amides is 1. The third kappa shape index (κ3) is 24.4. The minimum atomic E-state index is -1.06. The van der Waals surface area contributed by atoms with Crippen LogP contribution in [0.5, 0.6) is 0 Å². The number of esters is 1. The molecule has 0 saturated carbocycles. The first-order valence-electron chi connectivity index (χ1n) is 27.9. The van der Waals surface area contributed by atoms with E-state index in [2.05, 4.69) is 65.4 Å². The Kier molecular flexibility index (Phi) is 28.7. The molecule has 25 heteroatoms. The van der Waals surface area contributed by atoms with Crippen molar-refractivity contribution in [2.45, 2.75) is 174 Å². The second-order valence-corrected chi connectivity index (χ2v) is 21.9. The monoisotopic (exact) mass is 1210 g/mol. The van der Waals surface area contributed by atoms with Crippen molar-refractivity contribution in [1.29, 1.82) is 0 Å². The molecule has 3 saturated heterocycles. The zero-order valence-electron chi connectivity index (χ0n) is 48.0. The summed E-state index contributed by atoms with van der Waals surface area (Å²) in [6, 6.07) is 3.50. The van der Waals surface area contributed by atoms with Crippen molar-refractivity contribution in [3.05, 3.63) is 65.8 Å². The number of anilines is 1. The lowest BCUT2D eigenvalue weighted by atomic mass is 9.81. The predicted octanol–water partition coefficient (Wildman–Crippen LogP) is 3.90. The SMILES string of the molecule is CC(=O)OC(C)C=CC(=O)NC1CC(C)C(CC=C(C)C=CC2OC(CC(=O)NCNC(=O)OCc3ccc(NC(=O)C(CCCNC(N)=O)NC(=O)C(NC(=O)CCCCCNC(=O)CBr)C(C)C)cc3)CC3(CO3)C2C=O)OC1C. The Morgan fingerprint density at radius 3 is 2.23 bits per heavy atom. The van der Waals surface area contributed by atoms with Gasteiger partial charge in [-0.2, -0.15) is 0 Å². The molecule has 0 aliphatic carbocycles. The number of unbranched alkanes of at least 4 members (excludes halogenated alkanes) is 2. The molecule has 11 unspecified atom stereocenters. The van der Waals surface area contributed by atoms with E-state index in [0.717, 1.165) is 11.9 Å². The van der Waals surface area contributed by atoms with Crippen LogP contribution < -0.4 is 48.3 Å². The third-order valence-electron chi connectivity index (χ3n) is 14.1. The van der Waals surface area contributed by atoms with Crippen molar-refractivity contribution in [2.75, 3.05) is 37.0 Å². The average molecular weight is 1220 g/mol. The van der Waals surface area contributed by atoms with Crippen molar-refractivity contribution in [3.8, 4) is 0 Å². The number of allylic oxidation sites excluding steroid dienone is 2. The van der Waals surface area contributed by atoms with Crippen molar-refractivity contribution in [3.63, 3.8) is 0 Å². The van der Waals surface area contributed by atoms with Crippen LogP contribution in [0.15, 0.2) is 60.2 Å². The number of urea groups is 1. The third-order valence-corrected chi connectivity index (χ3v) is 14.6. The van der Waals surface area contributed by atoms with Crippen LogP contribution in [-0.2, 0) is 68.6 Å². The van der Waals surface area contributed by atoms with Crippen molar-refractivity contribution >= 4 is 81.4 Å². The minimum absolute atomic E-state index is 0.0598. The van der Waals surface area contributed by atoms with Crippen LogP contribution in [0.25, 0.3) is 0 Å². The predicted molar refractivity (Wildman–Crippen MR) is 306 cm³/mol. The van der Waals surface area contributed by atoms with Gasteiger partial charge in [-0.25, -0.2) is 9.59 Å². The maximum Gasteiger partial charge on any atom is 0.408 e. The van der Waals surface area contributed by atoms with Gasteiger partial charge in [-0.15, -0.1) is 0 Å². The van der Waals surface area contributed by atoms with Crippen LogP contribution in [-0.4, -0.2) is 146 Å². The van der Waals surface area contributed by atoms with Crippen LogP contribution in [0.4, 0.5) is 15.3 Å². The first-order chi connectivity index (χ1) is 39.0. The van der Waals surface area contributed by atoms with E-state index in [1.54, 1.807) is 45.0 Å². The van der Waals surface area contributed by atoms with Gasteiger partial charge in [0, 0.05) is 44.6 Å². The van der Waals surface area contributed by atoms with E-state index in [9.17, 15) is 47.9 Å². The van der Waals surface area contributed by atoms with Gasteiger partial charge in [0.15, 0.2) is 0 Å². The standard InChI is InChI=1S/C57H84BrN9O15/c1-34(2)52(67-48(70)13-9-8-10-24-60-51(73)29-58)54(75)66-44(12-11-25-61-55(59)76)53(74)64-41-19-17-40(18-20-41)31-78-56(77)63-33-62-50(72)27-42-28-57(32-79-57)43(30-68)47(82-42)22-15-35(3)14-21-46-36(4)26-45(38(6)81-46)65-49(71)23-16-37(5)80-39(7)69/h14-20,22-23,30,34,36-38,42-47,52H,8-13,21,24-29,31-33H2,1-7H3,(H,60,73)(H,62,72)(H,63,77)(H,64,74)(H,65,71)(H,66,75)(H,67,70)(H3,59,61,76). The maximum absolute atomic E-state index is 13.6. The summed E-state index contributed by atoms with van der Waals surface area (Å²) >= 11 is 3.09. The molecule has 3 fully saturated rings. The summed E-state index contributed by atoms with van der Waals surface area (Å²) in [5.41, 5.74) is 6.32. The first kappa shape index (κ1) is 67.8. The Morgan fingerprint density at radius 1 is 0.854 bits per heavy atom. The number of carbonyl (C=O) groups excluding carboxylic acids is 10. The van der Waals surface area contributed by atoms with E-state index in [1.807, 2.05) is 32.1 Å². The summed E-state index contributed by atoms with van der Waals surface area (Å²) in [6.45, 7) is 13.1. The fraction of sp³-hybridized carbons (Fsp3) is 0.614. The number of amides is 9. The Balaban J connectivity index is 1.20. The lowest BCUT2D eigenvalue weighted by Gasteiger charge is -2.39. The number of aldehydes is 1. The number of rotatable bonds is 32. The van der Waals surface area contributed by atoms with Crippen molar-refractivity contribution in [1.82, 2.24) is 37.2 Å². The lowest BCUT2D eigenvalue weighted by Crippen LogP contribution is -2.54. The maximum atomic E-state index is 13.6. The number of alkyl halides is 1. The van der Waals surface area contributed by atoms with Crippen LogP contribution in [0, 0.1) is 17.8 Å². The Morgan fingerprint density at radius 2 is 1.57 bits per heavy atom. The zero-order valence-corrected chi connectivity index (χ0v) is 49.6. The van der Waals surface area contributed by atoms with Gasteiger partial charge in [0.1, 0.15) is 36.7 Å². The van der Waals surface area contributed by atoms with Crippen molar-refractivity contribution < 1.29 is 71.6 Å². The van der Waals surface area contributed by atoms with Gasteiger partial charge in [0.25, 0.3) is 0 Å². The number of halogens is 1. The molecule has 9 amide bonds. The van der Waals surface area contributed by atoms with E-state index in [1.165, 1.54) is 19.1 Å². The fourth-order valence-corrected chi connectivity index (χ4v) is 9.65.